The average Bonchev–Trinajstić information content (AvgIpc) is 2.67. The molecule has 68 valence electrons. The van der Waals surface area contributed by atoms with E-state index in [9.17, 15) is 0 Å². The summed E-state index contributed by atoms with van der Waals surface area (Å²) in [5, 5.41) is 17.1. The molecular weight excluding hydrogens is 178 g/mol. The van der Waals surface area contributed by atoms with E-state index in [2.05, 4.69) is 16.1 Å². The fraction of sp³-hybridized carbons (Fsp3) is 0. The molecule has 2 aromatic rings. The van der Waals surface area contributed by atoms with Gasteiger partial charge in [0.15, 0.2) is 5.69 Å². The first-order valence-corrected chi connectivity index (χ1v) is 3.98. The molecule has 1 aromatic carbocycles. The molecule has 1 heterocycles. The molecule has 0 bridgehead atoms. The molecule has 0 saturated heterocycles. The fourth-order valence-electron chi connectivity index (χ4n) is 1.04. The Morgan fingerprint density at radius 1 is 1.29 bits per heavy atom. The second-order valence-electron chi connectivity index (χ2n) is 2.68. The number of benzene rings is 1. The van der Waals surface area contributed by atoms with Crippen LogP contribution in [-0.2, 0) is 0 Å². The summed E-state index contributed by atoms with van der Waals surface area (Å²) in [6.07, 6.45) is 6.67. The number of nitrogens with zero attached hydrogens (tertiary/aromatic N) is 3. The van der Waals surface area contributed by atoms with Crippen LogP contribution < -0.4 is 0 Å². The Hall–Kier alpha value is -2.28. The van der Waals surface area contributed by atoms with Gasteiger partial charge in [-0.25, -0.2) is 0 Å². The lowest BCUT2D eigenvalue weighted by Crippen LogP contribution is -1.97. The summed E-state index contributed by atoms with van der Waals surface area (Å²) in [6.45, 7) is 0. The van der Waals surface area contributed by atoms with Crippen LogP contribution in [-0.4, -0.2) is 20.1 Å². The summed E-state index contributed by atoms with van der Waals surface area (Å²) in [4.78, 5) is 1.41. The van der Waals surface area contributed by atoms with Gasteiger partial charge in [-0.2, -0.15) is 9.90 Å². The van der Waals surface area contributed by atoms with Gasteiger partial charge in [0, 0.05) is 0 Å². The van der Waals surface area contributed by atoms with Crippen LogP contribution in [0.2, 0.25) is 0 Å². The normalized spacial score (nSPS) is 9.64. The van der Waals surface area contributed by atoms with Gasteiger partial charge in [-0.1, -0.05) is 0 Å². The molecule has 0 unspecified atom stereocenters. The Bertz CT molecular complexity index is 479. The Balaban J connectivity index is 2.40. The van der Waals surface area contributed by atoms with E-state index >= 15 is 0 Å². The topological polar surface area (TPSA) is 50.9 Å². The Labute approximate surface area is 80.8 Å². The second kappa shape index (κ2) is 3.23. The highest BCUT2D eigenvalue weighted by atomic mass is 16.3. The van der Waals surface area contributed by atoms with Crippen molar-refractivity contribution in [2.24, 2.45) is 0 Å². The summed E-state index contributed by atoms with van der Waals surface area (Å²) < 4.78 is 0. The van der Waals surface area contributed by atoms with Gasteiger partial charge >= 0.3 is 0 Å². The molecular formula is C10H7N3O. The molecule has 14 heavy (non-hydrogen) atoms. The SMILES string of the molecule is C#Cc1cnn(-c2ccc(O)cc2)n1. The summed E-state index contributed by atoms with van der Waals surface area (Å²) in [7, 11) is 0. The predicted molar refractivity (Wildman–Crippen MR) is 51.0 cm³/mol. The third-order valence-corrected chi connectivity index (χ3v) is 1.72. The molecule has 0 saturated carbocycles. The van der Waals surface area contributed by atoms with Gasteiger partial charge in [-0.05, 0) is 30.2 Å². The molecule has 0 atom stereocenters. The summed E-state index contributed by atoms with van der Waals surface area (Å²) in [5.74, 6) is 2.59. The van der Waals surface area contributed by atoms with Crippen LogP contribution in [0.3, 0.4) is 0 Å². The number of aromatic hydroxyl groups is 1. The molecule has 0 spiro atoms. The highest BCUT2D eigenvalue weighted by Crippen LogP contribution is 2.11. The van der Waals surface area contributed by atoms with Crippen LogP contribution in [0.5, 0.6) is 5.75 Å². The molecule has 4 heteroatoms. The minimum absolute atomic E-state index is 0.207. The lowest BCUT2D eigenvalue weighted by atomic mass is 10.3. The first-order valence-electron chi connectivity index (χ1n) is 3.98. The number of phenolic OH excluding ortho intramolecular Hbond substituents is 1. The van der Waals surface area contributed by atoms with E-state index < -0.39 is 0 Å². The zero-order valence-electron chi connectivity index (χ0n) is 7.25. The first kappa shape index (κ1) is 8.32. The van der Waals surface area contributed by atoms with Crippen molar-refractivity contribution in [2.45, 2.75) is 0 Å². The number of hydrogen-bond donors (Lipinski definition) is 1. The summed E-state index contributed by atoms with van der Waals surface area (Å²) in [6, 6.07) is 6.54. The van der Waals surface area contributed by atoms with E-state index in [-0.39, 0.29) is 5.75 Å². The fourth-order valence-corrected chi connectivity index (χ4v) is 1.04. The van der Waals surface area contributed by atoms with Gasteiger partial charge in [0.25, 0.3) is 0 Å². The monoisotopic (exact) mass is 185 g/mol. The van der Waals surface area contributed by atoms with E-state index in [1.54, 1.807) is 24.3 Å². The van der Waals surface area contributed by atoms with Crippen molar-refractivity contribution in [1.29, 1.82) is 0 Å². The largest absolute Gasteiger partial charge is 0.508 e. The van der Waals surface area contributed by atoms with Crippen molar-refractivity contribution in [3.63, 3.8) is 0 Å². The van der Waals surface area contributed by atoms with Crippen LogP contribution in [0.4, 0.5) is 0 Å². The zero-order chi connectivity index (χ0) is 9.97. The van der Waals surface area contributed by atoms with Crippen molar-refractivity contribution >= 4 is 0 Å². The lowest BCUT2D eigenvalue weighted by molar-refractivity contribution is 0.475. The highest BCUT2D eigenvalue weighted by Gasteiger charge is 1.99. The van der Waals surface area contributed by atoms with E-state index in [1.807, 2.05) is 0 Å². The number of aromatic nitrogens is 3. The zero-order valence-corrected chi connectivity index (χ0v) is 7.25. The Morgan fingerprint density at radius 3 is 2.57 bits per heavy atom. The smallest absolute Gasteiger partial charge is 0.155 e. The van der Waals surface area contributed by atoms with Crippen molar-refractivity contribution in [2.75, 3.05) is 0 Å². The number of hydrogen-bond acceptors (Lipinski definition) is 3. The highest BCUT2D eigenvalue weighted by molar-refractivity contribution is 5.35. The third-order valence-electron chi connectivity index (χ3n) is 1.72. The van der Waals surface area contributed by atoms with Crippen LogP contribution in [0.1, 0.15) is 5.69 Å². The standard InChI is InChI=1S/C10H7N3O/c1-2-8-7-11-13(12-8)9-3-5-10(14)6-4-9/h1,3-7,14H. The number of phenols is 1. The molecule has 0 radical (unpaired) electrons. The third kappa shape index (κ3) is 1.43. The maximum Gasteiger partial charge on any atom is 0.155 e. The maximum atomic E-state index is 9.07. The van der Waals surface area contributed by atoms with Crippen molar-refractivity contribution < 1.29 is 5.11 Å². The predicted octanol–water partition coefficient (Wildman–Crippen LogP) is 0.954. The quantitative estimate of drug-likeness (QED) is 0.673. The van der Waals surface area contributed by atoms with Crippen molar-refractivity contribution in [1.82, 2.24) is 15.0 Å². The molecule has 1 aromatic heterocycles. The minimum atomic E-state index is 0.207. The van der Waals surface area contributed by atoms with Crippen LogP contribution >= 0.6 is 0 Å². The van der Waals surface area contributed by atoms with E-state index in [4.69, 9.17) is 11.5 Å². The van der Waals surface area contributed by atoms with E-state index in [0.717, 1.165) is 5.69 Å². The maximum absolute atomic E-state index is 9.07. The summed E-state index contributed by atoms with van der Waals surface area (Å²) in [5.41, 5.74) is 1.24. The average molecular weight is 185 g/mol. The second-order valence-corrected chi connectivity index (χ2v) is 2.68. The molecule has 2 rings (SSSR count). The van der Waals surface area contributed by atoms with E-state index in [0.29, 0.717) is 5.69 Å². The molecule has 0 aliphatic heterocycles. The summed E-state index contributed by atoms with van der Waals surface area (Å²) >= 11 is 0. The molecule has 0 aliphatic rings. The number of terminal acetylenes is 1. The number of rotatable bonds is 1. The van der Waals surface area contributed by atoms with Crippen molar-refractivity contribution in [3.05, 3.63) is 36.2 Å². The van der Waals surface area contributed by atoms with Crippen molar-refractivity contribution in [3.8, 4) is 23.8 Å². The van der Waals surface area contributed by atoms with Crippen LogP contribution in [0.15, 0.2) is 30.5 Å². The first-order chi connectivity index (χ1) is 6.79. The van der Waals surface area contributed by atoms with Gasteiger partial charge < -0.3 is 5.11 Å². The molecule has 1 N–H and O–H groups in total. The van der Waals surface area contributed by atoms with Gasteiger partial charge in [0.05, 0.1) is 11.9 Å². The molecule has 0 aliphatic carbocycles. The van der Waals surface area contributed by atoms with Gasteiger partial charge in [0.1, 0.15) is 5.75 Å². The molecule has 4 nitrogen and oxygen atoms in total. The Morgan fingerprint density at radius 2 is 2.00 bits per heavy atom. The molecule has 0 amide bonds. The lowest BCUT2D eigenvalue weighted by Gasteiger charge is -1.97. The van der Waals surface area contributed by atoms with Crippen LogP contribution in [0.25, 0.3) is 5.69 Å². The van der Waals surface area contributed by atoms with Gasteiger partial charge in [0.2, 0.25) is 0 Å². The van der Waals surface area contributed by atoms with Gasteiger partial charge in [-0.15, -0.1) is 11.5 Å². The van der Waals surface area contributed by atoms with Crippen LogP contribution in [0, 0.1) is 12.3 Å². The Kier molecular flexibility index (Phi) is 1.92. The van der Waals surface area contributed by atoms with E-state index in [1.165, 1.54) is 11.0 Å². The van der Waals surface area contributed by atoms with Gasteiger partial charge in [-0.3, -0.25) is 0 Å². The molecule has 0 fully saturated rings. The minimum Gasteiger partial charge on any atom is -0.508 e.